The van der Waals surface area contributed by atoms with Gasteiger partial charge in [0.15, 0.2) is 0 Å². The van der Waals surface area contributed by atoms with Crippen LogP contribution in [-0.4, -0.2) is 27.6 Å². The second-order valence-electron chi connectivity index (χ2n) is 6.62. The molecule has 7 heteroatoms. The van der Waals surface area contributed by atoms with E-state index in [4.69, 9.17) is 16.1 Å². The number of fused-ring (bicyclic) bond motifs is 1. The topological polar surface area (TPSA) is 83.8 Å². The predicted octanol–water partition coefficient (Wildman–Crippen LogP) is 4.08. The van der Waals surface area contributed by atoms with E-state index in [0.29, 0.717) is 30.3 Å². The molecule has 0 radical (unpaired) electrons. The molecule has 1 amide bonds. The van der Waals surface area contributed by atoms with Crippen molar-refractivity contribution in [3.8, 4) is 0 Å². The van der Waals surface area contributed by atoms with E-state index in [0.717, 1.165) is 27.6 Å². The van der Waals surface area contributed by atoms with Gasteiger partial charge in [-0.3, -0.25) is 4.79 Å². The Balaban J connectivity index is 1.36. The van der Waals surface area contributed by atoms with Crippen molar-refractivity contribution in [1.29, 1.82) is 0 Å². The van der Waals surface area contributed by atoms with Gasteiger partial charge in [-0.1, -0.05) is 41.0 Å². The second-order valence-corrected chi connectivity index (χ2v) is 7.06. The molecule has 2 aromatic carbocycles. The minimum absolute atomic E-state index is 0.0468. The molecular weight excluding hydrogens is 376 g/mol. The first kappa shape index (κ1) is 18.3. The third kappa shape index (κ3) is 3.92. The molecule has 0 bridgehead atoms. The van der Waals surface area contributed by atoms with Gasteiger partial charge in [0.25, 0.3) is 11.7 Å². The van der Waals surface area contributed by atoms with Gasteiger partial charge in [-0.2, -0.15) is 4.98 Å². The monoisotopic (exact) mass is 394 g/mol. The third-order valence-electron chi connectivity index (χ3n) is 4.68. The fraction of sp³-hybridized carbons (Fsp3) is 0.190. The number of H-pyrrole nitrogens is 1. The van der Waals surface area contributed by atoms with E-state index in [-0.39, 0.29) is 11.7 Å². The molecule has 6 nitrogen and oxygen atoms in total. The van der Waals surface area contributed by atoms with Gasteiger partial charge in [0.1, 0.15) is 0 Å². The maximum Gasteiger partial charge on any atom is 0.292 e. The summed E-state index contributed by atoms with van der Waals surface area (Å²) >= 11 is 6.07. The number of aromatic nitrogens is 3. The minimum Gasteiger partial charge on any atom is -0.361 e. The lowest BCUT2D eigenvalue weighted by atomic mass is 10.1. The number of hydrogen-bond acceptors (Lipinski definition) is 4. The number of carbonyl (C=O) groups is 1. The van der Waals surface area contributed by atoms with Crippen LogP contribution in [-0.2, 0) is 12.8 Å². The van der Waals surface area contributed by atoms with Crippen molar-refractivity contribution < 1.29 is 9.32 Å². The number of hydrogen-bond donors (Lipinski definition) is 2. The van der Waals surface area contributed by atoms with Crippen LogP contribution in [0.2, 0.25) is 5.02 Å². The molecule has 0 spiro atoms. The number of aromatic amines is 1. The van der Waals surface area contributed by atoms with E-state index in [9.17, 15) is 4.79 Å². The Hall–Kier alpha value is -3.12. The van der Waals surface area contributed by atoms with Crippen LogP contribution in [0, 0.1) is 6.92 Å². The van der Waals surface area contributed by atoms with Gasteiger partial charge in [-0.05, 0) is 48.2 Å². The summed E-state index contributed by atoms with van der Waals surface area (Å²) in [6.45, 7) is 2.48. The number of nitrogens with one attached hydrogen (secondary N) is 2. The molecule has 0 fully saturated rings. The summed E-state index contributed by atoms with van der Waals surface area (Å²) in [5, 5.41) is 8.37. The number of aryl methyl sites for hydroxylation is 1. The summed E-state index contributed by atoms with van der Waals surface area (Å²) in [5.74, 6) is 0.119. The van der Waals surface area contributed by atoms with E-state index in [1.807, 2.05) is 55.6 Å². The first-order valence-corrected chi connectivity index (χ1v) is 9.39. The Morgan fingerprint density at radius 1 is 1.21 bits per heavy atom. The number of halogens is 1. The zero-order chi connectivity index (χ0) is 19.5. The highest BCUT2D eigenvalue weighted by Gasteiger charge is 2.15. The summed E-state index contributed by atoms with van der Waals surface area (Å²) in [4.78, 5) is 19.7. The van der Waals surface area contributed by atoms with Crippen LogP contribution >= 0.6 is 11.6 Å². The molecular formula is C21H19ClN4O2. The highest BCUT2D eigenvalue weighted by Crippen LogP contribution is 2.22. The fourth-order valence-corrected chi connectivity index (χ4v) is 3.31. The van der Waals surface area contributed by atoms with E-state index in [1.165, 1.54) is 0 Å². The SMILES string of the molecule is Cc1ccccc1Cc1nc(C(=O)NCCc2c[nH]c3ccc(Cl)cc23)no1. The number of rotatable bonds is 6. The molecule has 0 saturated carbocycles. The zero-order valence-corrected chi connectivity index (χ0v) is 16.1. The lowest BCUT2D eigenvalue weighted by Crippen LogP contribution is -2.26. The van der Waals surface area contributed by atoms with E-state index >= 15 is 0 Å². The highest BCUT2D eigenvalue weighted by atomic mass is 35.5. The van der Waals surface area contributed by atoms with Crippen molar-refractivity contribution in [3.63, 3.8) is 0 Å². The van der Waals surface area contributed by atoms with Crippen LogP contribution in [0.3, 0.4) is 0 Å². The Bertz CT molecular complexity index is 1130. The lowest BCUT2D eigenvalue weighted by molar-refractivity contribution is 0.0941. The van der Waals surface area contributed by atoms with Crippen LogP contribution < -0.4 is 5.32 Å². The Morgan fingerprint density at radius 2 is 2.07 bits per heavy atom. The van der Waals surface area contributed by atoms with Gasteiger partial charge in [0, 0.05) is 28.7 Å². The van der Waals surface area contributed by atoms with Crippen LogP contribution in [0.4, 0.5) is 0 Å². The van der Waals surface area contributed by atoms with Crippen molar-refractivity contribution in [2.75, 3.05) is 6.54 Å². The highest BCUT2D eigenvalue weighted by molar-refractivity contribution is 6.31. The van der Waals surface area contributed by atoms with E-state index < -0.39 is 0 Å². The Morgan fingerprint density at radius 3 is 2.93 bits per heavy atom. The van der Waals surface area contributed by atoms with Crippen LogP contribution in [0.5, 0.6) is 0 Å². The average molecular weight is 395 g/mol. The van der Waals surface area contributed by atoms with Crippen molar-refractivity contribution in [1.82, 2.24) is 20.4 Å². The van der Waals surface area contributed by atoms with Gasteiger partial charge in [-0.15, -0.1) is 0 Å². The molecule has 0 aliphatic rings. The first-order chi connectivity index (χ1) is 13.6. The number of carbonyl (C=O) groups excluding carboxylic acids is 1. The average Bonchev–Trinajstić information content (AvgIpc) is 3.31. The van der Waals surface area contributed by atoms with Crippen molar-refractivity contribution in [2.24, 2.45) is 0 Å². The molecule has 0 aliphatic heterocycles. The maximum atomic E-state index is 12.3. The molecule has 2 heterocycles. The van der Waals surface area contributed by atoms with Crippen LogP contribution in [0.15, 0.2) is 53.2 Å². The lowest BCUT2D eigenvalue weighted by Gasteiger charge is -2.02. The molecule has 4 aromatic rings. The number of nitrogens with zero attached hydrogens (tertiary/aromatic N) is 2. The van der Waals surface area contributed by atoms with Gasteiger partial charge in [-0.25, -0.2) is 0 Å². The smallest absolute Gasteiger partial charge is 0.292 e. The van der Waals surface area contributed by atoms with Gasteiger partial charge >= 0.3 is 0 Å². The maximum absolute atomic E-state index is 12.3. The quantitative estimate of drug-likeness (QED) is 0.516. The van der Waals surface area contributed by atoms with Crippen molar-refractivity contribution in [3.05, 3.63) is 82.1 Å². The Kier molecular flexibility index (Phi) is 5.12. The second kappa shape index (κ2) is 7.86. The molecule has 142 valence electrons. The molecule has 2 aromatic heterocycles. The first-order valence-electron chi connectivity index (χ1n) is 9.01. The van der Waals surface area contributed by atoms with Crippen molar-refractivity contribution >= 4 is 28.4 Å². The fourth-order valence-electron chi connectivity index (χ4n) is 3.14. The normalized spacial score (nSPS) is 11.1. The largest absolute Gasteiger partial charge is 0.361 e. The predicted molar refractivity (Wildman–Crippen MR) is 108 cm³/mol. The van der Waals surface area contributed by atoms with Gasteiger partial charge < -0.3 is 14.8 Å². The third-order valence-corrected chi connectivity index (χ3v) is 4.92. The summed E-state index contributed by atoms with van der Waals surface area (Å²) in [7, 11) is 0. The summed E-state index contributed by atoms with van der Waals surface area (Å²) in [6, 6.07) is 13.7. The molecule has 28 heavy (non-hydrogen) atoms. The van der Waals surface area contributed by atoms with E-state index in [1.54, 1.807) is 0 Å². The van der Waals surface area contributed by atoms with Crippen LogP contribution in [0.25, 0.3) is 10.9 Å². The Labute approximate surface area is 166 Å². The van der Waals surface area contributed by atoms with Gasteiger partial charge in [0.05, 0.1) is 6.42 Å². The molecule has 4 rings (SSSR count). The molecule has 0 atom stereocenters. The molecule has 0 unspecified atom stereocenters. The van der Waals surface area contributed by atoms with E-state index in [2.05, 4.69) is 20.4 Å². The molecule has 0 aliphatic carbocycles. The minimum atomic E-state index is -0.349. The number of amides is 1. The zero-order valence-electron chi connectivity index (χ0n) is 15.3. The molecule has 0 saturated heterocycles. The number of benzene rings is 2. The van der Waals surface area contributed by atoms with Crippen molar-refractivity contribution in [2.45, 2.75) is 19.8 Å². The van der Waals surface area contributed by atoms with Crippen LogP contribution in [0.1, 0.15) is 33.2 Å². The summed E-state index contributed by atoms with van der Waals surface area (Å²) < 4.78 is 5.23. The molecule has 2 N–H and O–H groups in total. The summed E-state index contributed by atoms with van der Waals surface area (Å²) in [5.41, 5.74) is 4.34. The van der Waals surface area contributed by atoms with Gasteiger partial charge in [0.2, 0.25) is 5.89 Å². The standard InChI is InChI=1S/C21H19ClN4O2/c1-13-4-2-3-5-14(13)10-19-25-20(26-28-19)21(27)23-9-8-15-12-24-18-7-6-16(22)11-17(15)18/h2-7,11-12,24H,8-10H2,1H3,(H,23,27). The summed E-state index contributed by atoms with van der Waals surface area (Å²) in [6.07, 6.45) is 3.10.